The number of rotatable bonds is 5. The van der Waals surface area contributed by atoms with Crippen LogP contribution in [0.4, 0.5) is 0 Å². The number of hydrogen-bond acceptors (Lipinski definition) is 2. The average molecular weight is 218 g/mol. The van der Waals surface area contributed by atoms with Crippen molar-refractivity contribution in [1.29, 1.82) is 0 Å². The van der Waals surface area contributed by atoms with E-state index in [1.54, 1.807) is 7.05 Å². The Labute approximate surface area is 96.8 Å². The van der Waals surface area contributed by atoms with Crippen LogP contribution in [-0.2, 0) is 4.79 Å². The van der Waals surface area contributed by atoms with Crippen molar-refractivity contribution in [3.63, 3.8) is 0 Å². The standard InChI is InChI=1S/C13H18N2O/c1-14-13(16)11-15(2)10-6-9-12-7-4-3-5-8-12/h3-9H,10-11H2,1-2H3,(H,14,16). The summed E-state index contributed by atoms with van der Waals surface area (Å²) in [5, 5.41) is 2.60. The molecule has 0 aliphatic carbocycles. The normalized spacial score (nSPS) is 10.9. The van der Waals surface area contributed by atoms with Gasteiger partial charge in [0.1, 0.15) is 0 Å². The first kappa shape index (κ1) is 12.5. The molecule has 3 nitrogen and oxygen atoms in total. The van der Waals surface area contributed by atoms with Gasteiger partial charge in [0.25, 0.3) is 0 Å². The van der Waals surface area contributed by atoms with E-state index in [1.165, 1.54) is 5.56 Å². The lowest BCUT2D eigenvalue weighted by Crippen LogP contribution is -2.33. The molecule has 3 heteroatoms. The van der Waals surface area contributed by atoms with E-state index in [9.17, 15) is 4.79 Å². The predicted octanol–water partition coefficient (Wildman–Crippen LogP) is 1.38. The van der Waals surface area contributed by atoms with E-state index in [0.29, 0.717) is 6.54 Å². The number of nitrogens with zero attached hydrogens (tertiary/aromatic N) is 1. The highest BCUT2D eigenvalue weighted by atomic mass is 16.1. The van der Waals surface area contributed by atoms with Crippen LogP contribution in [0.3, 0.4) is 0 Å². The molecule has 1 aromatic rings. The van der Waals surface area contributed by atoms with Crippen molar-refractivity contribution < 1.29 is 4.79 Å². The zero-order valence-corrected chi connectivity index (χ0v) is 9.81. The molecule has 1 amide bonds. The first-order valence-electron chi connectivity index (χ1n) is 5.33. The van der Waals surface area contributed by atoms with Gasteiger partial charge in [0.15, 0.2) is 0 Å². The van der Waals surface area contributed by atoms with Gasteiger partial charge in [-0.05, 0) is 12.6 Å². The van der Waals surface area contributed by atoms with Gasteiger partial charge < -0.3 is 5.32 Å². The Hall–Kier alpha value is -1.61. The van der Waals surface area contributed by atoms with Crippen LogP contribution in [0.25, 0.3) is 6.08 Å². The van der Waals surface area contributed by atoms with E-state index >= 15 is 0 Å². The van der Waals surface area contributed by atoms with Crippen molar-refractivity contribution in [2.75, 3.05) is 27.2 Å². The Kier molecular flexibility index (Phi) is 5.29. The molecule has 0 spiro atoms. The Morgan fingerprint density at radius 3 is 2.69 bits per heavy atom. The molecular formula is C13H18N2O. The summed E-state index contributed by atoms with van der Waals surface area (Å²) in [4.78, 5) is 13.0. The first-order valence-corrected chi connectivity index (χ1v) is 5.33. The van der Waals surface area contributed by atoms with Crippen LogP contribution in [0.2, 0.25) is 0 Å². The first-order chi connectivity index (χ1) is 7.72. The Balaban J connectivity index is 2.34. The second kappa shape index (κ2) is 6.80. The fraction of sp³-hybridized carbons (Fsp3) is 0.308. The molecule has 0 radical (unpaired) electrons. The van der Waals surface area contributed by atoms with Gasteiger partial charge in [-0.1, -0.05) is 42.5 Å². The number of carbonyl (C=O) groups excluding carboxylic acids is 1. The number of hydrogen-bond donors (Lipinski definition) is 1. The van der Waals surface area contributed by atoms with Gasteiger partial charge in [0.2, 0.25) is 5.91 Å². The molecule has 0 saturated heterocycles. The van der Waals surface area contributed by atoms with E-state index < -0.39 is 0 Å². The highest BCUT2D eigenvalue weighted by Crippen LogP contribution is 2.00. The zero-order chi connectivity index (χ0) is 11.8. The van der Waals surface area contributed by atoms with E-state index in [0.717, 1.165) is 6.54 Å². The van der Waals surface area contributed by atoms with Gasteiger partial charge >= 0.3 is 0 Å². The smallest absolute Gasteiger partial charge is 0.233 e. The third kappa shape index (κ3) is 4.75. The van der Waals surface area contributed by atoms with Crippen molar-refractivity contribution in [3.05, 3.63) is 42.0 Å². The lowest BCUT2D eigenvalue weighted by Gasteiger charge is -2.12. The molecule has 1 rings (SSSR count). The highest BCUT2D eigenvalue weighted by Gasteiger charge is 2.01. The molecule has 1 N–H and O–H groups in total. The average Bonchev–Trinajstić information content (AvgIpc) is 2.30. The maximum Gasteiger partial charge on any atom is 0.233 e. The molecule has 0 heterocycles. The summed E-state index contributed by atoms with van der Waals surface area (Å²) in [6.45, 7) is 1.19. The van der Waals surface area contributed by atoms with Crippen LogP contribution in [0.5, 0.6) is 0 Å². The maximum absolute atomic E-state index is 11.1. The Morgan fingerprint density at radius 2 is 2.06 bits per heavy atom. The van der Waals surface area contributed by atoms with Crippen molar-refractivity contribution in [3.8, 4) is 0 Å². The van der Waals surface area contributed by atoms with Crippen LogP contribution in [0.1, 0.15) is 5.56 Å². The fourth-order valence-electron chi connectivity index (χ4n) is 1.32. The van der Waals surface area contributed by atoms with Crippen molar-refractivity contribution in [2.45, 2.75) is 0 Å². The predicted molar refractivity (Wildman–Crippen MR) is 67.0 cm³/mol. The van der Waals surface area contributed by atoms with Crippen LogP contribution in [0, 0.1) is 0 Å². The number of amides is 1. The zero-order valence-electron chi connectivity index (χ0n) is 9.81. The SMILES string of the molecule is CNC(=O)CN(C)CC=Cc1ccccc1. The molecule has 0 bridgehead atoms. The van der Waals surface area contributed by atoms with E-state index in [4.69, 9.17) is 0 Å². The van der Waals surface area contributed by atoms with E-state index in [-0.39, 0.29) is 5.91 Å². The van der Waals surface area contributed by atoms with Crippen molar-refractivity contribution >= 4 is 12.0 Å². The maximum atomic E-state index is 11.1. The third-order valence-electron chi connectivity index (χ3n) is 2.22. The summed E-state index contributed by atoms with van der Waals surface area (Å²) >= 11 is 0. The van der Waals surface area contributed by atoms with Crippen LogP contribution in [-0.4, -0.2) is 38.0 Å². The van der Waals surface area contributed by atoms with Crippen LogP contribution in [0.15, 0.2) is 36.4 Å². The molecule has 0 unspecified atom stereocenters. The number of benzene rings is 1. The number of likely N-dealkylation sites (N-methyl/N-ethyl adjacent to an activating group) is 2. The molecule has 0 aromatic heterocycles. The van der Waals surface area contributed by atoms with Crippen molar-refractivity contribution in [1.82, 2.24) is 10.2 Å². The second-order valence-electron chi connectivity index (χ2n) is 3.68. The van der Waals surface area contributed by atoms with Gasteiger partial charge in [-0.25, -0.2) is 0 Å². The van der Waals surface area contributed by atoms with Crippen LogP contribution < -0.4 is 5.32 Å². The van der Waals surface area contributed by atoms with Gasteiger partial charge in [-0.15, -0.1) is 0 Å². The monoisotopic (exact) mass is 218 g/mol. The summed E-state index contributed by atoms with van der Waals surface area (Å²) in [5.41, 5.74) is 1.18. The van der Waals surface area contributed by atoms with Crippen molar-refractivity contribution in [2.24, 2.45) is 0 Å². The van der Waals surface area contributed by atoms with E-state index in [1.807, 2.05) is 30.1 Å². The lowest BCUT2D eigenvalue weighted by atomic mass is 10.2. The summed E-state index contributed by atoms with van der Waals surface area (Å²) < 4.78 is 0. The summed E-state index contributed by atoms with van der Waals surface area (Å²) in [6.07, 6.45) is 4.11. The molecule has 0 fully saturated rings. The summed E-state index contributed by atoms with van der Waals surface area (Å²) in [7, 11) is 3.57. The van der Waals surface area contributed by atoms with E-state index in [2.05, 4.69) is 29.6 Å². The number of nitrogens with one attached hydrogen (secondary N) is 1. The minimum atomic E-state index is 0.0376. The quantitative estimate of drug-likeness (QED) is 0.809. The van der Waals surface area contributed by atoms with Gasteiger partial charge in [-0.2, -0.15) is 0 Å². The molecule has 1 aromatic carbocycles. The third-order valence-corrected chi connectivity index (χ3v) is 2.22. The minimum Gasteiger partial charge on any atom is -0.358 e. The second-order valence-corrected chi connectivity index (χ2v) is 3.68. The molecule has 16 heavy (non-hydrogen) atoms. The fourth-order valence-corrected chi connectivity index (χ4v) is 1.32. The van der Waals surface area contributed by atoms with Crippen LogP contribution >= 0.6 is 0 Å². The Morgan fingerprint density at radius 1 is 1.38 bits per heavy atom. The minimum absolute atomic E-state index is 0.0376. The summed E-state index contributed by atoms with van der Waals surface area (Å²) in [6, 6.07) is 10.1. The summed E-state index contributed by atoms with van der Waals surface area (Å²) in [5.74, 6) is 0.0376. The molecule has 0 aliphatic heterocycles. The molecule has 86 valence electrons. The molecule has 0 atom stereocenters. The topological polar surface area (TPSA) is 32.3 Å². The lowest BCUT2D eigenvalue weighted by molar-refractivity contribution is -0.121. The molecular weight excluding hydrogens is 200 g/mol. The molecule has 0 saturated carbocycles. The largest absolute Gasteiger partial charge is 0.358 e. The number of carbonyl (C=O) groups is 1. The van der Waals surface area contributed by atoms with Gasteiger partial charge in [0, 0.05) is 13.6 Å². The molecule has 0 aliphatic rings. The van der Waals surface area contributed by atoms with Gasteiger partial charge in [-0.3, -0.25) is 9.69 Å². The van der Waals surface area contributed by atoms with Gasteiger partial charge in [0.05, 0.1) is 6.54 Å². The highest BCUT2D eigenvalue weighted by molar-refractivity contribution is 5.77. The Bertz CT molecular complexity index is 346.